The molecule has 2 aliphatic heterocycles. The molecule has 2 amide bonds. The zero-order valence-electron chi connectivity index (χ0n) is 24.3. The van der Waals surface area contributed by atoms with E-state index >= 15 is 4.11 Å². The SMILES string of the molecule is C[C@H](O)C(=O)Nc1ccc2c(c1)[C@]1(O[C@@H](CCn3cc(CCO)nn3)[C@H]([Si](C)(C)F)[C@H]1C)C(=O)N2Cc1ccccc1. The number of fused-ring (bicyclic) bond motifs is 2. The number of aliphatic hydroxyl groups is 2. The van der Waals surface area contributed by atoms with E-state index in [0.29, 0.717) is 48.6 Å². The smallest absolute Gasteiger partial charge is 0.264 e. The first kappa shape index (κ1) is 30.0. The van der Waals surface area contributed by atoms with Gasteiger partial charge in [-0.1, -0.05) is 42.5 Å². The fourth-order valence-electron chi connectivity index (χ4n) is 6.50. The molecule has 1 fully saturated rings. The first-order valence-electron chi connectivity index (χ1n) is 14.3. The number of aryl methyl sites for hydroxylation is 1. The van der Waals surface area contributed by atoms with Gasteiger partial charge in [0.25, 0.3) is 11.8 Å². The zero-order chi connectivity index (χ0) is 30.2. The molecule has 0 bridgehead atoms. The molecule has 3 aromatic rings. The van der Waals surface area contributed by atoms with Gasteiger partial charge in [-0.3, -0.25) is 14.3 Å². The maximum atomic E-state index is 16.1. The van der Waals surface area contributed by atoms with Gasteiger partial charge in [0.2, 0.25) is 8.41 Å². The Morgan fingerprint density at radius 3 is 2.64 bits per heavy atom. The number of carbonyl (C=O) groups is 2. The molecule has 0 radical (unpaired) electrons. The Morgan fingerprint density at radius 2 is 1.98 bits per heavy atom. The summed E-state index contributed by atoms with van der Waals surface area (Å²) in [4.78, 5) is 28.5. The van der Waals surface area contributed by atoms with Gasteiger partial charge in [-0.05, 0) is 50.2 Å². The summed E-state index contributed by atoms with van der Waals surface area (Å²) in [7, 11) is -3.37. The summed E-state index contributed by atoms with van der Waals surface area (Å²) in [6, 6.07) is 14.8. The van der Waals surface area contributed by atoms with E-state index in [2.05, 4.69) is 15.6 Å². The van der Waals surface area contributed by atoms with Crippen molar-refractivity contribution in [2.45, 2.75) is 76.2 Å². The van der Waals surface area contributed by atoms with E-state index < -0.39 is 43.6 Å². The predicted molar refractivity (Wildman–Crippen MR) is 158 cm³/mol. The number of anilines is 2. The Bertz CT molecular complexity index is 1450. The summed E-state index contributed by atoms with van der Waals surface area (Å²) in [6.07, 6.45) is 0.780. The number of benzene rings is 2. The van der Waals surface area contributed by atoms with Crippen molar-refractivity contribution in [1.82, 2.24) is 15.0 Å². The van der Waals surface area contributed by atoms with Gasteiger partial charge in [-0.15, -0.1) is 5.10 Å². The minimum absolute atomic E-state index is 0.0329. The lowest BCUT2D eigenvalue weighted by Gasteiger charge is -2.31. The van der Waals surface area contributed by atoms with Crippen LogP contribution in [0.25, 0.3) is 0 Å². The Kier molecular flexibility index (Phi) is 8.34. The van der Waals surface area contributed by atoms with Crippen LogP contribution in [0.3, 0.4) is 0 Å². The van der Waals surface area contributed by atoms with Crippen LogP contribution < -0.4 is 10.2 Å². The molecule has 2 aromatic carbocycles. The number of aromatic nitrogens is 3. The molecule has 42 heavy (non-hydrogen) atoms. The topological polar surface area (TPSA) is 130 Å². The van der Waals surface area contributed by atoms with Crippen molar-refractivity contribution < 1.29 is 28.6 Å². The number of nitrogens with one attached hydrogen (secondary N) is 1. The second-order valence-corrected chi connectivity index (χ2v) is 15.6. The Morgan fingerprint density at radius 1 is 1.24 bits per heavy atom. The van der Waals surface area contributed by atoms with E-state index in [-0.39, 0.29) is 12.5 Å². The number of hydrogen-bond acceptors (Lipinski definition) is 7. The van der Waals surface area contributed by atoms with E-state index in [4.69, 9.17) is 4.74 Å². The Balaban J connectivity index is 1.54. The predicted octanol–water partition coefficient (Wildman–Crippen LogP) is 3.54. The van der Waals surface area contributed by atoms with Crippen LogP contribution in [-0.4, -0.2) is 64.2 Å². The molecule has 224 valence electrons. The zero-order valence-corrected chi connectivity index (χ0v) is 25.3. The second-order valence-electron chi connectivity index (χ2n) is 11.8. The van der Waals surface area contributed by atoms with Gasteiger partial charge >= 0.3 is 0 Å². The molecule has 2 aliphatic rings. The number of rotatable bonds is 10. The van der Waals surface area contributed by atoms with Crippen LogP contribution in [0.4, 0.5) is 15.5 Å². The largest absolute Gasteiger partial charge is 0.396 e. The van der Waals surface area contributed by atoms with Gasteiger partial charge in [-0.25, -0.2) is 0 Å². The molecular weight excluding hydrogens is 557 g/mol. The molecular formula is C30H38FN5O5Si. The maximum absolute atomic E-state index is 16.1. The fourth-order valence-corrected chi connectivity index (χ4v) is 9.04. The third kappa shape index (κ3) is 5.51. The fraction of sp³-hybridized carbons (Fsp3) is 0.467. The molecule has 3 heterocycles. The Labute approximate surface area is 245 Å². The molecule has 0 unspecified atom stereocenters. The molecule has 3 N–H and O–H groups in total. The summed E-state index contributed by atoms with van der Waals surface area (Å²) in [6.45, 7) is 7.26. The van der Waals surface area contributed by atoms with Crippen molar-refractivity contribution in [2.24, 2.45) is 5.92 Å². The number of ether oxygens (including phenoxy) is 1. The lowest BCUT2D eigenvalue weighted by atomic mass is 9.82. The highest BCUT2D eigenvalue weighted by Crippen LogP contribution is 2.60. The van der Waals surface area contributed by atoms with Crippen molar-refractivity contribution in [3.8, 4) is 0 Å². The monoisotopic (exact) mass is 595 g/mol. The summed E-state index contributed by atoms with van der Waals surface area (Å²) < 4.78 is 24.6. The van der Waals surface area contributed by atoms with Gasteiger partial charge in [0.1, 0.15) is 6.10 Å². The van der Waals surface area contributed by atoms with Gasteiger partial charge in [0.05, 0.1) is 24.0 Å². The highest BCUT2D eigenvalue weighted by molar-refractivity contribution is 6.72. The third-order valence-corrected chi connectivity index (χ3v) is 10.8. The van der Waals surface area contributed by atoms with Crippen molar-refractivity contribution in [3.63, 3.8) is 0 Å². The van der Waals surface area contributed by atoms with E-state index in [9.17, 15) is 19.8 Å². The summed E-state index contributed by atoms with van der Waals surface area (Å²) >= 11 is 0. The van der Waals surface area contributed by atoms with E-state index in [1.54, 1.807) is 47.1 Å². The molecule has 1 saturated heterocycles. The van der Waals surface area contributed by atoms with Crippen molar-refractivity contribution in [2.75, 3.05) is 16.8 Å². The van der Waals surface area contributed by atoms with Crippen LogP contribution in [0.1, 0.15) is 37.1 Å². The molecule has 1 spiro atoms. The standard InChI is InChI=1S/C30H38FN5O5Si/c1-19-27(42(3,4)31)26(12-14-35-18-23(13-15-37)33-34-35)41-30(19)24-16-22(32-28(39)20(2)38)10-11-25(24)36(29(30)40)17-21-8-6-5-7-9-21/h5-11,16,18-20,26-27,37-38H,12-15,17H2,1-4H3,(H,32,39)/t19-,20+,26+,27-,30+/m1/s1. The van der Waals surface area contributed by atoms with E-state index in [1.165, 1.54) is 6.92 Å². The van der Waals surface area contributed by atoms with Crippen LogP contribution >= 0.6 is 0 Å². The first-order chi connectivity index (χ1) is 20.0. The quantitative estimate of drug-likeness (QED) is 0.242. The van der Waals surface area contributed by atoms with Crippen molar-refractivity contribution in [3.05, 3.63) is 71.5 Å². The van der Waals surface area contributed by atoms with Gasteiger partial charge < -0.3 is 29.3 Å². The number of hydrogen-bond donors (Lipinski definition) is 3. The van der Waals surface area contributed by atoms with Crippen LogP contribution in [-0.2, 0) is 39.4 Å². The number of halogens is 1. The van der Waals surface area contributed by atoms with Crippen molar-refractivity contribution in [1.29, 1.82) is 0 Å². The highest BCUT2D eigenvalue weighted by atomic mass is 28.4. The number of nitrogens with zero attached hydrogens (tertiary/aromatic N) is 4. The summed E-state index contributed by atoms with van der Waals surface area (Å²) in [5, 5.41) is 29.9. The first-order valence-corrected chi connectivity index (χ1v) is 17.3. The van der Waals surface area contributed by atoms with Crippen LogP contribution in [0.2, 0.25) is 18.6 Å². The van der Waals surface area contributed by atoms with E-state index in [0.717, 1.165) is 5.56 Å². The van der Waals surface area contributed by atoms with E-state index in [1.807, 2.05) is 37.3 Å². The molecule has 0 saturated carbocycles. The highest BCUT2D eigenvalue weighted by Gasteiger charge is 2.66. The van der Waals surface area contributed by atoms with Crippen LogP contribution in [0.15, 0.2) is 54.7 Å². The molecule has 1 aromatic heterocycles. The lowest BCUT2D eigenvalue weighted by Crippen LogP contribution is -2.45. The molecule has 5 atom stereocenters. The van der Waals surface area contributed by atoms with Gasteiger partial charge in [-0.2, -0.15) is 0 Å². The second kappa shape index (κ2) is 11.7. The average molecular weight is 596 g/mol. The summed E-state index contributed by atoms with van der Waals surface area (Å²) in [5.41, 5.74) is 1.29. The van der Waals surface area contributed by atoms with Gasteiger partial charge in [0.15, 0.2) is 5.60 Å². The van der Waals surface area contributed by atoms with Crippen LogP contribution in [0.5, 0.6) is 0 Å². The van der Waals surface area contributed by atoms with Crippen LogP contribution in [0, 0.1) is 5.92 Å². The minimum Gasteiger partial charge on any atom is -0.396 e. The third-order valence-electron chi connectivity index (χ3n) is 8.39. The summed E-state index contributed by atoms with van der Waals surface area (Å²) in [5.74, 6) is -1.33. The molecule has 0 aliphatic carbocycles. The number of carbonyl (C=O) groups excluding carboxylic acids is 2. The Hall–Kier alpha value is -3.45. The molecule has 5 rings (SSSR count). The minimum atomic E-state index is -3.37. The van der Waals surface area contributed by atoms with Crippen molar-refractivity contribution >= 4 is 31.6 Å². The number of amides is 2. The maximum Gasteiger partial charge on any atom is 0.264 e. The number of aliphatic hydroxyl groups excluding tert-OH is 2. The normalized spacial score (nSPS) is 24.3. The lowest BCUT2D eigenvalue weighted by molar-refractivity contribution is -0.146. The molecule has 12 heteroatoms. The average Bonchev–Trinajstić information content (AvgIpc) is 3.58. The van der Waals surface area contributed by atoms with Gasteiger partial charge in [0, 0.05) is 48.5 Å². The molecule has 10 nitrogen and oxygen atoms in total.